The van der Waals surface area contributed by atoms with Crippen LogP contribution in [0.5, 0.6) is 5.75 Å². The van der Waals surface area contributed by atoms with Gasteiger partial charge >= 0.3 is 0 Å². The molecular formula is C15H15F2NO. The van der Waals surface area contributed by atoms with E-state index in [0.29, 0.717) is 5.56 Å². The van der Waals surface area contributed by atoms with Crippen molar-refractivity contribution in [3.05, 3.63) is 65.2 Å². The SMILES string of the molecule is Cc1ccccc1OCC(N)c1ccc(F)c(F)c1. The average molecular weight is 263 g/mol. The third-order valence-electron chi connectivity index (χ3n) is 2.88. The minimum Gasteiger partial charge on any atom is -0.491 e. The summed E-state index contributed by atoms with van der Waals surface area (Å²) in [5.74, 6) is -1.04. The number of ether oxygens (including phenoxy) is 1. The smallest absolute Gasteiger partial charge is 0.159 e. The van der Waals surface area contributed by atoms with Crippen molar-refractivity contribution in [3.8, 4) is 5.75 Å². The highest BCUT2D eigenvalue weighted by molar-refractivity contribution is 5.32. The Morgan fingerprint density at radius 2 is 1.84 bits per heavy atom. The topological polar surface area (TPSA) is 35.2 Å². The van der Waals surface area contributed by atoms with E-state index >= 15 is 0 Å². The largest absolute Gasteiger partial charge is 0.491 e. The van der Waals surface area contributed by atoms with Gasteiger partial charge in [-0.1, -0.05) is 24.3 Å². The zero-order valence-electron chi connectivity index (χ0n) is 10.6. The number of para-hydroxylation sites is 1. The summed E-state index contributed by atoms with van der Waals surface area (Å²) in [6, 6.07) is 10.7. The lowest BCUT2D eigenvalue weighted by atomic mass is 10.1. The van der Waals surface area contributed by atoms with Crippen LogP contribution in [0.1, 0.15) is 17.2 Å². The summed E-state index contributed by atoms with van der Waals surface area (Å²) in [7, 11) is 0. The molecule has 0 saturated carbocycles. The molecule has 2 nitrogen and oxygen atoms in total. The van der Waals surface area contributed by atoms with Crippen molar-refractivity contribution < 1.29 is 13.5 Å². The normalized spacial score (nSPS) is 12.2. The number of nitrogens with two attached hydrogens (primary N) is 1. The van der Waals surface area contributed by atoms with Gasteiger partial charge in [-0.05, 0) is 36.2 Å². The molecular weight excluding hydrogens is 248 g/mol. The third-order valence-corrected chi connectivity index (χ3v) is 2.88. The first-order valence-corrected chi connectivity index (χ1v) is 5.97. The van der Waals surface area contributed by atoms with Crippen molar-refractivity contribution in [1.82, 2.24) is 0 Å². The molecule has 0 aliphatic carbocycles. The fraction of sp³-hybridized carbons (Fsp3) is 0.200. The molecule has 1 unspecified atom stereocenters. The summed E-state index contributed by atoms with van der Waals surface area (Å²) >= 11 is 0. The first kappa shape index (κ1) is 13.5. The molecule has 0 aliphatic rings. The predicted molar refractivity (Wildman–Crippen MR) is 70.0 cm³/mol. The summed E-state index contributed by atoms with van der Waals surface area (Å²) in [5.41, 5.74) is 7.40. The van der Waals surface area contributed by atoms with E-state index in [2.05, 4.69) is 0 Å². The van der Waals surface area contributed by atoms with E-state index < -0.39 is 17.7 Å². The van der Waals surface area contributed by atoms with Gasteiger partial charge in [-0.25, -0.2) is 8.78 Å². The zero-order chi connectivity index (χ0) is 13.8. The Morgan fingerprint density at radius 1 is 1.11 bits per heavy atom. The third kappa shape index (κ3) is 3.29. The Hall–Kier alpha value is -1.94. The van der Waals surface area contributed by atoms with E-state index in [0.717, 1.165) is 23.4 Å². The van der Waals surface area contributed by atoms with Crippen molar-refractivity contribution in [2.24, 2.45) is 5.73 Å². The van der Waals surface area contributed by atoms with Gasteiger partial charge < -0.3 is 10.5 Å². The summed E-state index contributed by atoms with van der Waals surface area (Å²) < 4.78 is 31.5. The Labute approximate surface area is 110 Å². The highest BCUT2D eigenvalue weighted by atomic mass is 19.2. The minimum absolute atomic E-state index is 0.204. The molecule has 0 heterocycles. The van der Waals surface area contributed by atoms with Gasteiger partial charge in [-0.15, -0.1) is 0 Å². The molecule has 0 fully saturated rings. The molecule has 0 saturated heterocycles. The summed E-state index contributed by atoms with van der Waals surface area (Å²) in [6.45, 7) is 2.13. The summed E-state index contributed by atoms with van der Waals surface area (Å²) in [4.78, 5) is 0. The van der Waals surface area contributed by atoms with Crippen LogP contribution in [0.3, 0.4) is 0 Å². The van der Waals surface area contributed by atoms with Gasteiger partial charge in [0.1, 0.15) is 12.4 Å². The molecule has 0 amide bonds. The maximum absolute atomic E-state index is 13.1. The Bertz CT molecular complexity index is 572. The van der Waals surface area contributed by atoms with Crippen molar-refractivity contribution in [3.63, 3.8) is 0 Å². The summed E-state index contributed by atoms with van der Waals surface area (Å²) in [5, 5.41) is 0. The summed E-state index contributed by atoms with van der Waals surface area (Å²) in [6.07, 6.45) is 0. The first-order valence-electron chi connectivity index (χ1n) is 5.97. The van der Waals surface area contributed by atoms with Crippen LogP contribution in [0.4, 0.5) is 8.78 Å². The minimum atomic E-state index is -0.899. The van der Waals surface area contributed by atoms with Crippen LogP contribution in [0.25, 0.3) is 0 Å². The molecule has 2 aromatic rings. The molecule has 2 N–H and O–H groups in total. The lowest BCUT2D eigenvalue weighted by Crippen LogP contribution is -2.19. The van der Waals surface area contributed by atoms with Crippen LogP contribution in [0, 0.1) is 18.6 Å². The Kier molecular flexibility index (Phi) is 4.12. The number of benzene rings is 2. The molecule has 4 heteroatoms. The molecule has 19 heavy (non-hydrogen) atoms. The second kappa shape index (κ2) is 5.80. The molecule has 0 aliphatic heterocycles. The molecule has 1 atom stereocenters. The van der Waals surface area contributed by atoms with E-state index in [4.69, 9.17) is 10.5 Å². The maximum Gasteiger partial charge on any atom is 0.159 e. The zero-order valence-corrected chi connectivity index (χ0v) is 10.6. The molecule has 0 aromatic heterocycles. The van der Waals surface area contributed by atoms with Crippen LogP contribution < -0.4 is 10.5 Å². The van der Waals surface area contributed by atoms with Crippen molar-refractivity contribution in [2.75, 3.05) is 6.61 Å². The lowest BCUT2D eigenvalue weighted by Gasteiger charge is -2.15. The van der Waals surface area contributed by atoms with Gasteiger partial charge in [0, 0.05) is 0 Å². The number of rotatable bonds is 4. The predicted octanol–water partition coefficient (Wildman–Crippen LogP) is 3.35. The van der Waals surface area contributed by atoms with Crippen LogP contribution >= 0.6 is 0 Å². The van der Waals surface area contributed by atoms with Crippen LogP contribution in [0.2, 0.25) is 0 Å². The standard InChI is InChI=1S/C15H15F2NO/c1-10-4-2-3-5-15(10)19-9-14(18)11-6-7-12(16)13(17)8-11/h2-8,14H,9,18H2,1H3. The molecule has 2 rings (SSSR count). The lowest BCUT2D eigenvalue weighted by molar-refractivity contribution is 0.288. The fourth-order valence-electron chi connectivity index (χ4n) is 1.74. The highest BCUT2D eigenvalue weighted by Gasteiger charge is 2.11. The van der Waals surface area contributed by atoms with Crippen molar-refractivity contribution in [1.29, 1.82) is 0 Å². The van der Waals surface area contributed by atoms with Crippen LogP contribution in [0.15, 0.2) is 42.5 Å². The van der Waals surface area contributed by atoms with Crippen molar-refractivity contribution >= 4 is 0 Å². The average Bonchev–Trinajstić information content (AvgIpc) is 2.40. The Morgan fingerprint density at radius 3 is 2.53 bits per heavy atom. The quantitative estimate of drug-likeness (QED) is 0.918. The number of hydrogen-bond donors (Lipinski definition) is 1. The van der Waals surface area contributed by atoms with Gasteiger partial charge in [0.2, 0.25) is 0 Å². The number of halogens is 2. The van der Waals surface area contributed by atoms with E-state index in [9.17, 15) is 8.78 Å². The first-order chi connectivity index (χ1) is 9.08. The number of hydrogen-bond acceptors (Lipinski definition) is 2. The van der Waals surface area contributed by atoms with E-state index in [1.807, 2.05) is 31.2 Å². The van der Waals surface area contributed by atoms with Gasteiger partial charge in [-0.2, -0.15) is 0 Å². The second-order valence-electron chi connectivity index (χ2n) is 4.36. The molecule has 2 aromatic carbocycles. The molecule has 0 spiro atoms. The van der Waals surface area contributed by atoms with Gasteiger partial charge in [-0.3, -0.25) is 0 Å². The van der Waals surface area contributed by atoms with Crippen LogP contribution in [-0.4, -0.2) is 6.61 Å². The molecule has 0 bridgehead atoms. The van der Waals surface area contributed by atoms with Gasteiger partial charge in [0.05, 0.1) is 6.04 Å². The molecule has 0 radical (unpaired) electrons. The highest BCUT2D eigenvalue weighted by Crippen LogP contribution is 2.19. The van der Waals surface area contributed by atoms with E-state index in [1.54, 1.807) is 0 Å². The monoisotopic (exact) mass is 263 g/mol. The second-order valence-corrected chi connectivity index (χ2v) is 4.36. The Balaban J connectivity index is 2.03. The maximum atomic E-state index is 13.1. The van der Waals surface area contributed by atoms with E-state index in [1.165, 1.54) is 6.07 Å². The fourth-order valence-corrected chi connectivity index (χ4v) is 1.74. The van der Waals surface area contributed by atoms with E-state index in [-0.39, 0.29) is 6.61 Å². The van der Waals surface area contributed by atoms with Gasteiger partial charge in [0.25, 0.3) is 0 Å². The van der Waals surface area contributed by atoms with Gasteiger partial charge in [0.15, 0.2) is 11.6 Å². The van der Waals surface area contributed by atoms with Crippen molar-refractivity contribution in [2.45, 2.75) is 13.0 Å². The number of aryl methyl sites for hydroxylation is 1. The molecule has 100 valence electrons. The van der Waals surface area contributed by atoms with Crippen LogP contribution in [-0.2, 0) is 0 Å².